The molecule has 0 saturated heterocycles. The summed E-state index contributed by atoms with van der Waals surface area (Å²) in [4.78, 5) is 12.4. The Morgan fingerprint density at radius 3 is 2.58 bits per heavy atom. The minimum Gasteiger partial charge on any atom is -0.513 e. The molecule has 1 heterocycles. The highest BCUT2D eigenvalue weighted by atomic mass is 35.5. The van der Waals surface area contributed by atoms with Crippen LogP contribution in [0.4, 0.5) is 5.69 Å². The van der Waals surface area contributed by atoms with Crippen molar-refractivity contribution in [3.05, 3.63) is 63.6 Å². The summed E-state index contributed by atoms with van der Waals surface area (Å²) in [7, 11) is 0. The first kappa shape index (κ1) is 13.5. The zero-order valence-electron chi connectivity index (χ0n) is 9.65. The molecule has 1 aromatic heterocycles. The van der Waals surface area contributed by atoms with Gasteiger partial charge in [0.2, 0.25) is 5.78 Å². The normalized spacial score (nSPS) is 11.9. The van der Waals surface area contributed by atoms with Crippen molar-refractivity contribution in [3.8, 4) is 0 Å². The molecule has 0 spiro atoms. The van der Waals surface area contributed by atoms with E-state index < -0.39 is 0 Å². The Morgan fingerprint density at radius 1 is 1.26 bits per heavy atom. The summed E-state index contributed by atoms with van der Waals surface area (Å²) in [5.74, 6) is -0.366. The Morgan fingerprint density at radius 2 is 2.00 bits per heavy atom. The fourth-order valence-electron chi connectivity index (χ4n) is 1.28. The van der Waals surface area contributed by atoms with Gasteiger partial charge in [-0.2, -0.15) is 5.11 Å². The first-order chi connectivity index (χ1) is 9.20. The fourth-order valence-corrected chi connectivity index (χ4v) is 2.08. The van der Waals surface area contributed by atoms with Crippen molar-refractivity contribution in [2.45, 2.75) is 0 Å². The number of Topliss-reactive ketones (excluding diaryl/α,β-unsaturated/α-hetero) is 1. The third-order valence-corrected chi connectivity index (χ3v) is 3.32. The number of ketones is 1. The van der Waals surface area contributed by atoms with Gasteiger partial charge in [0.25, 0.3) is 0 Å². The van der Waals surface area contributed by atoms with Crippen molar-refractivity contribution in [1.82, 2.24) is 0 Å². The van der Waals surface area contributed by atoms with Gasteiger partial charge in [-0.15, -0.1) is 16.5 Å². The third kappa shape index (κ3) is 3.49. The Labute approximate surface area is 118 Å². The van der Waals surface area contributed by atoms with Crippen LogP contribution in [-0.4, -0.2) is 10.9 Å². The lowest BCUT2D eigenvalue weighted by Crippen LogP contribution is -1.98. The predicted octanol–water partition coefficient (Wildman–Crippen LogP) is 4.77. The van der Waals surface area contributed by atoms with Crippen LogP contribution >= 0.6 is 22.9 Å². The Balaban J connectivity index is 2.16. The van der Waals surface area contributed by atoms with Gasteiger partial charge in [-0.3, -0.25) is 4.79 Å². The molecular formula is C13H9ClN2O2S. The Hall–Kier alpha value is -1.98. The SMILES string of the molecule is O=C(/C(=C\O)N=Nc1ccc(Cl)cc1)c1cccs1. The maximum atomic E-state index is 11.9. The molecule has 0 aliphatic rings. The number of azo groups is 1. The Kier molecular flexibility index (Phi) is 4.43. The van der Waals surface area contributed by atoms with Crippen LogP contribution in [0.5, 0.6) is 0 Å². The second-order valence-electron chi connectivity index (χ2n) is 3.50. The molecule has 0 radical (unpaired) electrons. The van der Waals surface area contributed by atoms with Gasteiger partial charge >= 0.3 is 0 Å². The van der Waals surface area contributed by atoms with E-state index in [4.69, 9.17) is 16.7 Å². The topological polar surface area (TPSA) is 62.0 Å². The average molecular weight is 293 g/mol. The van der Waals surface area contributed by atoms with E-state index in [-0.39, 0.29) is 11.5 Å². The second-order valence-corrected chi connectivity index (χ2v) is 4.88. The molecule has 0 saturated carbocycles. The quantitative estimate of drug-likeness (QED) is 0.382. The van der Waals surface area contributed by atoms with Crippen LogP contribution in [0.2, 0.25) is 5.02 Å². The average Bonchev–Trinajstić information content (AvgIpc) is 2.95. The molecule has 0 fully saturated rings. The summed E-state index contributed by atoms with van der Waals surface area (Å²) in [5, 5.41) is 19.0. The molecule has 0 aliphatic heterocycles. The number of thiophene rings is 1. The molecule has 4 nitrogen and oxygen atoms in total. The minimum absolute atomic E-state index is 0.114. The third-order valence-electron chi connectivity index (χ3n) is 2.20. The van der Waals surface area contributed by atoms with Gasteiger partial charge in [-0.05, 0) is 35.7 Å². The molecule has 0 atom stereocenters. The van der Waals surface area contributed by atoms with Crippen molar-refractivity contribution in [2.75, 3.05) is 0 Å². The zero-order valence-corrected chi connectivity index (χ0v) is 11.2. The van der Waals surface area contributed by atoms with E-state index in [1.807, 2.05) is 0 Å². The molecule has 0 unspecified atom stereocenters. The number of rotatable bonds is 4. The van der Waals surface area contributed by atoms with Crippen molar-refractivity contribution < 1.29 is 9.90 Å². The largest absolute Gasteiger partial charge is 0.513 e. The highest BCUT2D eigenvalue weighted by Gasteiger charge is 2.13. The molecule has 2 rings (SSSR count). The predicted molar refractivity (Wildman–Crippen MR) is 75.3 cm³/mol. The van der Waals surface area contributed by atoms with Crippen LogP contribution in [-0.2, 0) is 0 Å². The highest BCUT2D eigenvalue weighted by molar-refractivity contribution is 7.12. The number of aliphatic hydroxyl groups excluding tert-OH is 1. The lowest BCUT2D eigenvalue weighted by Gasteiger charge is -1.96. The van der Waals surface area contributed by atoms with Crippen LogP contribution in [0.3, 0.4) is 0 Å². The van der Waals surface area contributed by atoms with E-state index in [0.29, 0.717) is 21.8 Å². The lowest BCUT2D eigenvalue weighted by molar-refractivity contribution is 0.103. The van der Waals surface area contributed by atoms with Gasteiger partial charge in [-0.25, -0.2) is 0 Å². The number of carbonyl (C=O) groups excluding carboxylic acids is 1. The van der Waals surface area contributed by atoms with Crippen molar-refractivity contribution in [1.29, 1.82) is 0 Å². The summed E-state index contributed by atoms with van der Waals surface area (Å²) >= 11 is 7.02. The van der Waals surface area contributed by atoms with Crippen molar-refractivity contribution in [2.24, 2.45) is 10.2 Å². The lowest BCUT2D eigenvalue weighted by atomic mass is 10.2. The van der Waals surface area contributed by atoms with Gasteiger partial charge in [0.05, 0.1) is 10.6 Å². The van der Waals surface area contributed by atoms with Gasteiger partial charge in [0.15, 0.2) is 5.70 Å². The molecule has 96 valence electrons. The maximum absolute atomic E-state index is 11.9. The van der Waals surface area contributed by atoms with Crippen LogP contribution in [0, 0.1) is 0 Å². The smallest absolute Gasteiger partial charge is 0.226 e. The van der Waals surface area contributed by atoms with Crippen LogP contribution < -0.4 is 0 Å². The highest BCUT2D eigenvalue weighted by Crippen LogP contribution is 2.19. The minimum atomic E-state index is -0.366. The van der Waals surface area contributed by atoms with Crippen LogP contribution in [0.1, 0.15) is 9.67 Å². The standard InChI is InChI=1S/C13H9ClN2O2S/c14-9-3-5-10(6-4-9)15-16-11(8-17)13(18)12-2-1-7-19-12/h1-8,17H/b11-8+,16-15?. The number of allylic oxidation sites excluding steroid dienone is 1. The van der Waals surface area contributed by atoms with Gasteiger partial charge < -0.3 is 5.11 Å². The summed E-state index contributed by atoms with van der Waals surface area (Å²) < 4.78 is 0. The summed E-state index contributed by atoms with van der Waals surface area (Å²) in [6.45, 7) is 0. The van der Waals surface area contributed by atoms with E-state index in [0.717, 1.165) is 0 Å². The fraction of sp³-hybridized carbons (Fsp3) is 0. The molecular weight excluding hydrogens is 284 g/mol. The van der Waals surface area contributed by atoms with Gasteiger partial charge in [0, 0.05) is 5.02 Å². The van der Waals surface area contributed by atoms with E-state index in [1.54, 1.807) is 41.8 Å². The van der Waals surface area contributed by atoms with Crippen molar-refractivity contribution in [3.63, 3.8) is 0 Å². The number of carbonyl (C=O) groups is 1. The molecule has 2 aromatic rings. The summed E-state index contributed by atoms with van der Waals surface area (Å²) in [6.07, 6.45) is 0.654. The first-order valence-electron chi connectivity index (χ1n) is 5.30. The summed E-state index contributed by atoms with van der Waals surface area (Å²) in [5.41, 5.74) is 0.431. The first-order valence-corrected chi connectivity index (χ1v) is 6.56. The molecule has 0 aliphatic carbocycles. The van der Waals surface area contributed by atoms with E-state index >= 15 is 0 Å². The Bertz CT molecular complexity index is 619. The molecule has 0 bridgehead atoms. The zero-order chi connectivity index (χ0) is 13.7. The number of halogens is 1. The van der Waals surface area contributed by atoms with E-state index in [9.17, 15) is 4.79 Å². The van der Waals surface area contributed by atoms with E-state index in [2.05, 4.69) is 10.2 Å². The van der Waals surface area contributed by atoms with Crippen LogP contribution in [0.15, 0.2) is 64.0 Å². The van der Waals surface area contributed by atoms with Crippen molar-refractivity contribution >= 4 is 34.4 Å². The van der Waals surface area contributed by atoms with Gasteiger partial charge in [0.1, 0.15) is 6.26 Å². The summed E-state index contributed by atoms with van der Waals surface area (Å²) in [6, 6.07) is 10.1. The number of benzene rings is 1. The van der Waals surface area contributed by atoms with Crippen LogP contribution in [0.25, 0.3) is 0 Å². The van der Waals surface area contributed by atoms with Gasteiger partial charge in [-0.1, -0.05) is 17.7 Å². The number of hydrogen-bond donors (Lipinski definition) is 1. The second kappa shape index (κ2) is 6.26. The molecule has 0 amide bonds. The maximum Gasteiger partial charge on any atom is 0.226 e. The van der Waals surface area contributed by atoms with E-state index in [1.165, 1.54) is 11.3 Å². The molecule has 6 heteroatoms. The number of nitrogens with zero attached hydrogens (tertiary/aromatic N) is 2. The number of aliphatic hydroxyl groups is 1. The molecule has 1 aromatic carbocycles. The number of hydrogen-bond acceptors (Lipinski definition) is 5. The molecule has 1 N–H and O–H groups in total. The monoisotopic (exact) mass is 292 g/mol. The molecule has 19 heavy (non-hydrogen) atoms.